The lowest BCUT2D eigenvalue weighted by Gasteiger charge is -2.37. The summed E-state index contributed by atoms with van der Waals surface area (Å²) in [5.74, 6) is -0.490. The molecule has 0 radical (unpaired) electrons. The predicted octanol–water partition coefficient (Wildman–Crippen LogP) is 1.48. The Morgan fingerprint density at radius 2 is 2.00 bits per heavy atom. The molecular weight excluding hydrogens is 244 g/mol. The number of carbonyl (C=O) groups excluding carboxylic acids is 1. The van der Waals surface area contributed by atoms with E-state index in [1.54, 1.807) is 6.92 Å². The summed E-state index contributed by atoms with van der Waals surface area (Å²) < 4.78 is 0. The van der Waals surface area contributed by atoms with Gasteiger partial charge in [-0.3, -0.25) is 14.5 Å². The molecule has 1 aliphatic rings. The molecule has 0 aromatic heterocycles. The van der Waals surface area contributed by atoms with Gasteiger partial charge >= 0.3 is 5.97 Å². The van der Waals surface area contributed by atoms with Gasteiger partial charge in [0.25, 0.3) is 0 Å². The van der Waals surface area contributed by atoms with Crippen LogP contribution in [0.15, 0.2) is 0 Å². The number of carboxylic acid groups (broad SMARTS) is 1. The molecule has 2 N–H and O–H groups in total. The van der Waals surface area contributed by atoms with Crippen molar-refractivity contribution < 1.29 is 14.7 Å². The molecule has 2 atom stereocenters. The molecule has 110 valence electrons. The molecule has 0 aliphatic carbocycles. The van der Waals surface area contributed by atoms with Gasteiger partial charge < -0.3 is 10.4 Å². The van der Waals surface area contributed by atoms with E-state index in [-0.39, 0.29) is 5.91 Å². The van der Waals surface area contributed by atoms with Crippen molar-refractivity contribution in [2.75, 3.05) is 13.1 Å². The van der Waals surface area contributed by atoms with Crippen molar-refractivity contribution >= 4 is 11.9 Å². The van der Waals surface area contributed by atoms with E-state index in [9.17, 15) is 14.7 Å². The average Bonchev–Trinajstić information content (AvgIpc) is 2.79. The van der Waals surface area contributed by atoms with Crippen molar-refractivity contribution in [2.24, 2.45) is 5.92 Å². The number of carbonyl (C=O) groups is 2. The lowest BCUT2D eigenvalue weighted by atomic mass is 9.92. The van der Waals surface area contributed by atoms with Gasteiger partial charge in [0.15, 0.2) is 0 Å². The highest BCUT2D eigenvalue weighted by Gasteiger charge is 2.49. The fourth-order valence-corrected chi connectivity index (χ4v) is 2.82. The van der Waals surface area contributed by atoms with Crippen LogP contribution >= 0.6 is 0 Å². The summed E-state index contributed by atoms with van der Waals surface area (Å²) in [5, 5.41) is 12.4. The third-order valence-electron chi connectivity index (χ3n) is 4.05. The first kappa shape index (κ1) is 16.0. The van der Waals surface area contributed by atoms with Crippen LogP contribution < -0.4 is 5.32 Å². The Balaban J connectivity index is 2.77. The first-order valence-corrected chi connectivity index (χ1v) is 7.13. The number of hydrogen-bond donors (Lipinski definition) is 2. The Morgan fingerprint density at radius 1 is 1.37 bits per heavy atom. The zero-order chi connectivity index (χ0) is 14.6. The van der Waals surface area contributed by atoms with E-state index < -0.39 is 17.6 Å². The van der Waals surface area contributed by atoms with Gasteiger partial charge in [-0.2, -0.15) is 0 Å². The highest BCUT2D eigenvalue weighted by molar-refractivity contribution is 5.84. The van der Waals surface area contributed by atoms with Gasteiger partial charge in [0, 0.05) is 13.1 Å². The van der Waals surface area contributed by atoms with Crippen molar-refractivity contribution in [2.45, 2.75) is 58.5 Å². The molecule has 0 spiro atoms. The van der Waals surface area contributed by atoms with Crippen molar-refractivity contribution in [1.82, 2.24) is 10.2 Å². The number of carboxylic acids is 1. The topological polar surface area (TPSA) is 69.6 Å². The Hall–Kier alpha value is -1.10. The zero-order valence-electron chi connectivity index (χ0n) is 12.4. The number of nitrogens with one attached hydrogen (secondary N) is 1. The van der Waals surface area contributed by atoms with E-state index in [1.165, 1.54) is 0 Å². The average molecular weight is 270 g/mol. The number of rotatable bonds is 6. The molecule has 2 unspecified atom stereocenters. The molecule has 19 heavy (non-hydrogen) atoms. The Kier molecular flexibility index (Phi) is 5.35. The standard InChI is InChI=1S/C14H26N2O3/c1-5-14(13(18)19)7-6-8-16(14)11(4)12(17)15-9-10(2)3/h10-11H,5-9H2,1-4H3,(H,15,17)(H,18,19). The van der Waals surface area contributed by atoms with Crippen molar-refractivity contribution in [3.8, 4) is 0 Å². The first-order chi connectivity index (χ1) is 8.85. The second kappa shape index (κ2) is 6.37. The van der Waals surface area contributed by atoms with Crippen LogP contribution in [0.25, 0.3) is 0 Å². The molecule has 1 saturated heterocycles. The largest absolute Gasteiger partial charge is 0.480 e. The number of aliphatic carboxylic acids is 1. The van der Waals surface area contributed by atoms with E-state index in [0.29, 0.717) is 31.8 Å². The van der Waals surface area contributed by atoms with Gasteiger partial charge in [0.05, 0.1) is 6.04 Å². The van der Waals surface area contributed by atoms with Crippen LogP contribution in [0.3, 0.4) is 0 Å². The minimum atomic E-state index is -0.866. The van der Waals surface area contributed by atoms with Gasteiger partial charge in [-0.25, -0.2) is 0 Å². The normalized spacial score (nSPS) is 25.5. The van der Waals surface area contributed by atoms with E-state index in [0.717, 1.165) is 6.42 Å². The fourth-order valence-electron chi connectivity index (χ4n) is 2.82. The highest BCUT2D eigenvalue weighted by Crippen LogP contribution is 2.34. The molecule has 0 aromatic rings. The molecule has 5 heteroatoms. The van der Waals surface area contributed by atoms with E-state index in [2.05, 4.69) is 5.32 Å². The number of amides is 1. The first-order valence-electron chi connectivity index (χ1n) is 7.13. The number of hydrogen-bond acceptors (Lipinski definition) is 3. The van der Waals surface area contributed by atoms with Crippen LogP contribution in [0.2, 0.25) is 0 Å². The van der Waals surface area contributed by atoms with Crippen LogP contribution in [0.4, 0.5) is 0 Å². The molecule has 1 aliphatic heterocycles. The maximum atomic E-state index is 12.1. The van der Waals surface area contributed by atoms with Crippen molar-refractivity contribution in [3.63, 3.8) is 0 Å². The third kappa shape index (κ3) is 3.26. The summed E-state index contributed by atoms with van der Waals surface area (Å²) in [6, 6.07) is -0.391. The smallest absolute Gasteiger partial charge is 0.324 e. The minimum absolute atomic E-state index is 0.0744. The maximum Gasteiger partial charge on any atom is 0.324 e. The Morgan fingerprint density at radius 3 is 2.47 bits per heavy atom. The Bertz CT molecular complexity index is 344. The lowest BCUT2D eigenvalue weighted by molar-refractivity contribution is -0.152. The zero-order valence-corrected chi connectivity index (χ0v) is 12.4. The molecule has 0 bridgehead atoms. The third-order valence-corrected chi connectivity index (χ3v) is 4.05. The summed E-state index contributed by atoms with van der Waals surface area (Å²) in [4.78, 5) is 25.6. The van der Waals surface area contributed by atoms with Crippen LogP contribution in [0.5, 0.6) is 0 Å². The van der Waals surface area contributed by atoms with Crippen molar-refractivity contribution in [1.29, 1.82) is 0 Å². The van der Waals surface area contributed by atoms with E-state index in [4.69, 9.17) is 0 Å². The van der Waals surface area contributed by atoms with Crippen LogP contribution in [-0.2, 0) is 9.59 Å². The molecule has 1 rings (SSSR count). The van der Waals surface area contributed by atoms with E-state index in [1.807, 2.05) is 25.7 Å². The maximum absolute atomic E-state index is 12.1. The molecule has 0 aromatic carbocycles. The monoisotopic (exact) mass is 270 g/mol. The Labute approximate surface area is 115 Å². The SMILES string of the molecule is CCC1(C(=O)O)CCCN1C(C)C(=O)NCC(C)C. The van der Waals surface area contributed by atoms with Gasteiger partial charge in [0.2, 0.25) is 5.91 Å². The summed E-state index contributed by atoms with van der Waals surface area (Å²) >= 11 is 0. The molecular formula is C14H26N2O3. The summed E-state index contributed by atoms with van der Waals surface area (Å²) in [6.45, 7) is 9.06. The van der Waals surface area contributed by atoms with Gasteiger partial charge in [0.1, 0.15) is 5.54 Å². The highest BCUT2D eigenvalue weighted by atomic mass is 16.4. The minimum Gasteiger partial charge on any atom is -0.480 e. The van der Waals surface area contributed by atoms with Crippen LogP contribution in [-0.4, -0.2) is 46.6 Å². The van der Waals surface area contributed by atoms with Crippen LogP contribution in [0, 0.1) is 5.92 Å². The van der Waals surface area contributed by atoms with Gasteiger partial charge in [-0.05, 0) is 32.1 Å². The molecule has 1 amide bonds. The summed E-state index contributed by atoms with van der Waals surface area (Å²) in [7, 11) is 0. The second-order valence-corrected chi connectivity index (χ2v) is 5.80. The molecule has 5 nitrogen and oxygen atoms in total. The predicted molar refractivity (Wildman–Crippen MR) is 73.9 cm³/mol. The summed E-state index contributed by atoms with van der Waals surface area (Å²) in [6.07, 6.45) is 1.99. The number of nitrogens with zero attached hydrogens (tertiary/aromatic N) is 1. The summed E-state index contributed by atoms with van der Waals surface area (Å²) in [5.41, 5.74) is -0.866. The van der Waals surface area contributed by atoms with E-state index >= 15 is 0 Å². The molecule has 1 fully saturated rings. The fraction of sp³-hybridized carbons (Fsp3) is 0.857. The lowest BCUT2D eigenvalue weighted by Crippen LogP contribution is -2.57. The molecule has 0 saturated carbocycles. The second-order valence-electron chi connectivity index (χ2n) is 5.80. The van der Waals surface area contributed by atoms with Gasteiger partial charge in [-0.1, -0.05) is 20.8 Å². The quantitative estimate of drug-likeness (QED) is 0.767. The van der Waals surface area contributed by atoms with Crippen molar-refractivity contribution in [3.05, 3.63) is 0 Å². The van der Waals surface area contributed by atoms with Gasteiger partial charge in [-0.15, -0.1) is 0 Å². The number of likely N-dealkylation sites (tertiary alicyclic amines) is 1. The van der Waals surface area contributed by atoms with Crippen LogP contribution in [0.1, 0.15) is 47.0 Å². The molecule has 1 heterocycles.